The molecule has 3 rings (SSSR count). The Morgan fingerprint density at radius 1 is 1.57 bits per heavy atom. The lowest BCUT2D eigenvalue weighted by Gasteiger charge is -2.21. The zero-order chi connectivity index (χ0) is 15.0. The van der Waals surface area contributed by atoms with E-state index in [1.165, 1.54) is 16.9 Å². The first kappa shape index (κ1) is 14.3. The molecule has 0 fully saturated rings. The molecule has 0 spiro atoms. The Balaban J connectivity index is 1.76. The molecule has 21 heavy (non-hydrogen) atoms. The van der Waals surface area contributed by atoms with Crippen LogP contribution in [0.5, 0.6) is 0 Å². The van der Waals surface area contributed by atoms with E-state index in [1.807, 2.05) is 31.9 Å². The Kier molecular flexibility index (Phi) is 3.85. The average Bonchev–Trinajstić information content (AvgIpc) is 3.03. The lowest BCUT2D eigenvalue weighted by atomic mass is 9.88. The fourth-order valence-electron chi connectivity index (χ4n) is 2.96. The summed E-state index contributed by atoms with van der Waals surface area (Å²) < 4.78 is 1.77. The van der Waals surface area contributed by atoms with E-state index < -0.39 is 0 Å². The molecule has 1 aliphatic carbocycles. The monoisotopic (exact) mass is 303 g/mol. The quantitative estimate of drug-likeness (QED) is 0.874. The molecular weight excluding hydrogens is 282 g/mol. The third-order valence-electron chi connectivity index (χ3n) is 4.16. The number of amides is 1. The minimum absolute atomic E-state index is 0.130. The largest absolute Gasteiger partial charge is 0.337 e. The molecular formula is C16H21N3OS. The second-order valence-electron chi connectivity index (χ2n) is 6.08. The molecule has 0 saturated heterocycles. The van der Waals surface area contributed by atoms with Crippen LogP contribution in [0.1, 0.15) is 39.7 Å². The molecule has 1 aliphatic rings. The lowest BCUT2D eigenvalue weighted by molar-refractivity contribution is 0.0784. The van der Waals surface area contributed by atoms with Crippen LogP contribution in [0.2, 0.25) is 0 Å². The standard InChI is InChI=1S/C16H21N3OS/c1-11-4-5-13-14(10-21-15(13)6-11)16(20)18(2)8-12-7-17-19(3)9-12/h7,9-11H,4-6,8H2,1-3H3/t11-/m0/s1. The normalized spacial score (nSPS) is 17.6. The van der Waals surface area contributed by atoms with Gasteiger partial charge in [0.1, 0.15) is 0 Å². The van der Waals surface area contributed by atoms with Crippen LogP contribution in [0.4, 0.5) is 0 Å². The number of carbonyl (C=O) groups excluding carboxylic acids is 1. The van der Waals surface area contributed by atoms with Gasteiger partial charge in [-0.2, -0.15) is 5.10 Å². The fraction of sp³-hybridized carbons (Fsp3) is 0.500. The van der Waals surface area contributed by atoms with E-state index in [4.69, 9.17) is 0 Å². The van der Waals surface area contributed by atoms with Gasteiger partial charge in [0.25, 0.3) is 5.91 Å². The maximum absolute atomic E-state index is 12.7. The van der Waals surface area contributed by atoms with Crippen molar-refractivity contribution in [2.45, 2.75) is 32.7 Å². The number of aryl methyl sites for hydroxylation is 1. The van der Waals surface area contributed by atoms with Gasteiger partial charge in [0, 0.05) is 42.7 Å². The molecule has 0 bridgehead atoms. The Morgan fingerprint density at radius 2 is 2.38 bits per heavy atom. The van der Waals surface area contributed by atoms with Crippen LogP contribution in [0.3, 0.4) is 0 Å². The fourth-order valence-corrected chi connectivity index (χ4v) is 4.20. The van der Waals surface area contributed by atoms with Gasteiger partial charge in [-0.3, -0.25) is 9.48 Å². The number of nitrogens with zero attached hydrogens (tertiary/aromatic N) is 3. The van der Waals surface area contributed by atoms with Gasteiger partial charge >= 0.3 is 0 Å². The van der Waals surface area contributed by atoms with Crippen molar-refractivity contribution in [2.75, 3.05) is 7.05 Å². The molecule has 0 aliphatic heterocycles. The number of thiophene rings is 1. The molecule has 4 nitrogen and oxygen atoms in total. The molecule has 2 aromatic rings. The van der Waals surface area contributed by atoms with E-state index in [9.17, 15) is 4.79 Å². The molecule has 2 aromatic heterocycles. The topological polar surface area (TPSA) is 38.1 Å². The third kappa shape index (κ3) is 2.88. The van der Waals surface area contributed by atoms with Crippen molar-refractivity contribution in [3.63, 3.8) is 0 Å². The zero-order valence-corrected chi connectivity index (χ0v) is 13.6. The molecule has 0 saturated carbocycles. The Labute approximate surface area is 129 Å². The van der Waals surface area contributed by atoms with Gasteiger partial charge < -0.3 is 4.90 Å². The van der Waals surface area contributed by atoms with Gasteiger partial charge in [-0.25, -0.2) is 0 Å². The Morgan fingerprint density at radius 3 is 3.10 bits per heavy atom. The summed E-state index contributed by atoms with van der Waals surface area (Å²) in [6, 6.07) is 0. The van der Waals surface area contributed by atoms with Crippen LogP contribution < -0.4 is 0 Å². The minimum atomic E-state index is 0.130. The zero-order valence-electron chi connectivity index (χ0n) is 12.8. The van der Waals surface area contributed by atoms with E-state index in [1.54, 1.807) is 20.9 Å². The second kappa shape index (κ2) is 5.64. The molecule has 112 valence electrons. The molecule has 0 N–H and O–H groups in total. The van der Waals surface area contributed by atoms with Crippen LogP contribution in [-0.4, -0.2) is 27.6 Å². The van der Waals surface area contributed by atoms with E-state index in [0.717, 1.165) is 29.9 Å². The molecule has 0 radical (unpaired) electrons. The average molecular weight is 303 g/mol. The summed E-state index contributed by atoms with van der Waals surface area (Å²) in [5.74, 6) is 0.873. The van der Waals surface area contributed by atoms with Crippen molar-refractivity contribution in [2.24, 2.45) is 13.0 Å². The van der Waals surface area contributed by atoms with Gasteiger partial charge in [0.05, 0.1) is 11.8 Å². The molecule has 5 heteroatoms. The molecule has 1 amide bonds. The third-order valence-corrected chi connectivity index (χ3v) is 5.21. The van der Waals surface area contributed by atoms with Gasteiger partial charge in [-0.15, -0.1) is 11.3 Å². The van der Waals surface area contributed by atoms with Gasteiger partial charge in [0.2, 0.25) is 0 Å². The Bertz CT molecular complexity index is 658. The summed E-state index contributed by atoms with van der Waals surface area (Å²) in [6.07, 6.45) is 7.13. The minimum Gasteiger partial charge on any atom is -0.337 e. The van der Waals surface area contributed by atoms with Crippen LogP contribution in [0.15, 0.2) is 17.8 Å². The summed E-state index contributed by atoms with van der Waals surface area (Å²) in [6.45, 7) is 2.90. The lowest BCUT2D eigenvalue weighted by Crippen LogP contribution is -2.27. The van der Waals surface area contributed by atoms with Crippen LogP contribution >= 0.6 is 11.3 Å². The van der Waals surface area contributed by atoms with Gasteiger partial charge in [0.15, 0.2) is 0 Å². The predicted molar refractivity (Wildman–Crippen MR) is 84.5 cm³/mol. The number of hydrogen-bond acceptors (Lipinski definition) is 3. The highest BCUT2D eigenvalue weighted by molar-refractivity contribution is 7.10. The van der Waals surface area contributed by atoms with Crippen LogP contribution in [-0.2, 0) is 26.4 Å². The maximum Gasteiger partial charge on any atom is 0.255 e. The summed E-state index contributed by atoms with van der Waals surface area (Å²) in [5, 5.41) is 6.20. The van der Waals surface area contributed by atoms with Crippen molar-refractivity contribution in [1.82, 2.24) is 14.7 Å². The Hall–Kier alpha value is -1.62. The first-order valence-electron chi connectivity index (χ1n) is 7.37. The predicted octanol–water partition coefficient (Wildman–Crippen LogP) is 2.88. The first-order chi connectivity index (χ1) is 10.0. The first-order valence-corrected chi connectivity index (χ1v) is 8.24. The molecule has 0 aromatic carbocycles. The summed E-state index contributed by atoms with van der Waals surface area (Å²) in [5.41, 5.74) is 3.26. The molecule has 0 unspecified atom stereocenters. The number of hydrogen-bond donors (Lipinski definition) is 0. The number of carbonyl (C=O) groups is 1. The maximum atomic E-state index is 12.7. The highest BCUT2D eigenvalue weighted by atomic mass is 32.1. The van der Waals surface area contributed by atoms with Crippen molar-refractivity contribution < 1.29 is 4.79 Å². The summed E-state index contributed by atoms with van der Waals surface area (Å²) in [7, 11) is 3.76. The second-order valence-corrected chi connectivity index (χ2v) is 7.05. The van der Waals surface area contributed by atoms with E-state index in [-0.39, 0.29) is 5.91 Å². The highest BCUT2D eigenvalue weighted by Gasteiger charge is 2.24. The number of aromatic nitrogens is 2. The van der Waals surface area contributed by atoms with E-state index in [2.05, 4.69) is 12.0 Å². The molecule has 1 atom stereocenters. The van der Waals surface area contributed by atoms with Crippen molar-refractivity contribution >= 4 is 17.2 Å². The summed E-state index contributed by atoms with van der Waals surface area (Å²) in [4.78, 5) is 15.9. The van der Waals surface area contributed by atoms with Crippen LogP contribution in [0, 0.1) is 5.92 Å². The number of rotatable bonds is 3. The smallest absolute Gasteiger partial charge is 0.255 e. The van der Waals surface area contributed by atoms with Crippen LogP contribution in [0.25, 0.3) is 0 Å². The van der Waals surface area contributed by atoms with E-state index >= 15 is 0 Å². The SMILES string of the molecule is C[C@H]1CCc2c(C(=O)N(C)Cc3cnn(C)c3)csc2C1. The highest BCUT2D eigenvalue weighted by Crippen LogP contribution is 2.33. The van der Waals surface area contributed by atoms with Crippen molar-refractivity contribution in [1.29, 1.82) is 0 Å². The molecule has 2 heterocycles. The van der Waals surface area contributed by atoms with Crippen molar-refractivity contribution in [3.05, 3.63) is 39.3 Å². The van der Waals surface area contributed by atoms with Crippen molar-refractivity contribution in [3.8, 4) is 0 Å². The summed E-state index contributed by atoms with van der Waals surface area (Å²) >= 11 is 1.75. The number of fused-ring (bicyclic) bond motifs is 1. The van der Waals surface area contributed by atoms with Gasteiger partial charge in [-0.1, -0.05) is 6.92 Å². The van der Waals surface area contributed by atoms with Gasteiger partial charge in [-0.05, 0) is 30.7 Å². The van der Waals surface area contributed by atoms with E-state index in [0.29, 0.717) is 6.54 Å².